The summed E-state index contributed by atoms with van der Waals surface area (Å²) in [5.41, 5.74) is 0. The first-order chi connectivity index (χ1) is 9.08. The lowest BCUT2D eigenvalue weighted by molar-refractivity contribution is -0.139. The number of rotatable bonds is 7. The highest BCUT2D eigenvalue weighted by Gasteiger charge is 2.21. The summed E-state index contributed by atoms with van der Waals surface area (Å²) in [5.74, 6) is -1.17. The maximum atomic E-state index is 11.7. The number of aliphatic carboxylic acids is 1. The average molecular weight is 287 g/mol. The third kappa shape index (κ3) is 4.84. The van der Waals surface area contributed by atoms with Gasteiger partial charge in [-0.05, 0) is 6.42 Å². The quantitative estimate of drug-likeness (QED) is 0.590. The van der Waals surface area contributed by atoms with E-state index in [1.807, 2.05) is 12.3 Å². The number of carbonyl (C=O) groups is 2. The molecule has 2 amide bonds. The van der Waals surface area contributed by atoms with Gasteiger partial charge >= 0.3 is 12.0 Å². The lowest BCUT2D eigenvalue weighted by Crippen LogP contribution is -2.47. The number of carbonyl (C=O) groups excluding carboxylic acids is 1. The zero-order valence-electron chi connectivity index (χ0n) is 10.5. The van der Waals surface area contributed by atoms with Gasteiger partial charge in [0.25, 0.3) is 0 Å². The minimum atomic E-state index is -1.17. The molecule has 1 unspecified atom stereocenters. The normalized spacial score (nSPS) is 13.6. The molecule has 0 spiro atoms. The molecule has 0 aliphatic carbocycles. The van der Waals surface area contributed by atoms with Gasteiger partial charge in [0.05, 0.1) is 6.04 Å². The van der Waals surface area contributed by atoms with Crippen LogP contribution in [0.1, 0.15) is 30.8 Å². The second-order valence-electron chi connectivity index (χ2n) is 3.85. The molecule has 0 fully saturated rings. The molecule has 0 saturated carbocycles. The number of carboxylic acid groups (broad SMARTS) is 1. The van der Waals surface area contributed by atoms with Crippen molar-refractivity contribution in [1.82, 2.24) is 15.6 Å². The molecule has 1 heterocycles. The van der Waals surface area contributed by atoms with Crippen molar-refractivity contribution in [1.29, 1.82) is 0 Å². The largest absolute Gasteiger partial charge is 0.480 e. The van der Waals surface area contributed by atoms with E-state index in [0.29, 0.717) is 6.42 Å². The summed E-state index contributed by atoms with van der Waals surface area (Å²) in [6.45, 7) is 1.59. The van der Waals surface area contributed by atoms with Crippen molar-refractivity contribution in [3.05, 3.63) is 16.6 Å². The number of nitrogens with one attached hydrogen (secondary N) is 2. The minimum Gasteiger partial charge on any atom is -0.480 e. The van der Waals surface area contributed by atoms with E-state index in [9.17, 15) is 9.59 Å². The molecule has 7 nitrogen and oxygen atoms in total. The van der Waals surface area contributed by atoms with Crippen molar-refractivity contribution >= 4 is 23.3 Å². The Bertz CT molecular complexity index is 410. The van der Waals surface area contributed by atoms with E-state index in [0.717, 1.165) is 5.01 Å². The molecule has 106 valence electrons. The molecule has 0 bridgehead atoms. The van der Waals surface area contributed by atoms with E-state index in [-0.39, 0.29) is 19.1 Å². The number of hydrogen-bond acceptors (Lipinski definition) is 5. The first-order valence-corrected chi connectivity index (χ1v) is 6.76. The van der Waals surface area contributed by atoms with Crippen LogP contribution in [0.3, 0.4) is 0 Å². The number of amides is 2. The first-order valence-electron chi connectivity index (χ1n) is 5.88. The Morgan fingerprint density at radius 2 is 2.21 bits per heavy atom. The molecule has 0 aliphatic rings. The van der Waals surface area contributed by atoms with Crippen molar-refractivity contribution in [3.63, 3.8) is 0 Å². The van der Waals surface area contributed by atoms with E-state index in [1.54, 1.807) is 6.20 Å². The molecule has 19 heavy (non-hydrogen) atoms. The van der Waals surface area contributed by atoms with Crippen LogP contribution in [0.15, 0.2) is 11.6 Å². The summed E-state index contributed by atoms with van der Waals surface area (Å²) in [6, 6.07) is -1.93. The number of aliphatic hydroxyl groups excluding tert-OH is 1. The minimum absolute atomic E-state index is 0.0310. The van der Waals surface area contributed by atoms with E-state index in [4.69, 9.17) is 10.2 Å². The third-order valence-corrected chi connectivity index (χ3v) is 3.37. The van der Waals surface area contributed by atoms with E-state index >= 15 is 0 Å². The van der Waals surface area contributed by atoms with Crippen LogP contribution in [0, 0.1) is 0 Å². The smallest absolute Gasteiger partial charge is 0.326 e. The molecular formula is C11H17N3O4S. The van der Waals surface area contributed by atoms with Crippen LogP contribution in [-0.2, 0) is 4.79 Å². The summed E-state index contributed by atoms with van der Waals surface area (Å²) in [7, 11) is 0. The monoisotopic (exact) mass is 287 g/mol. The van der Waals surface area contributed by atoms with Crippen molar-refractivity contribution in [2.75, 3.05) is 6.61 Å². The van der Waals surface area contributed by atoms with Gasteiger partial charge in [0.2, 0.25) is 0 Å². The van der Waals surface area contributed by atoms with E-state index in [1.165, 1.54) is 11.3 Å². The molecule has 1 rings (SSSR count). The number of aromatic nitrogens is 1. The fourth-order valence-corrected chi connectivity index (χ4v) is 2.26. The van der Waals surface area contributed by atoms with Gasteiger partial charge in [0, 0.05) is 24.6 Å². The van der Waals surface area contributed by atoms with Gasteiger partial charge in [-0.3, -0.25) is 0 Å². The van der Waals surface area contributed by atoms with Crippen LogP contribution in [0.4, 0.5) is 4.79 Å². The highest BCUT2D eigenvalue weighted by molar-refractivity contribution is 7.09. The predicted molar refractivity (Wildman–Crippen MR) is 69.9 cm³/mol. The zero-order chi connectivity index (χ0) is 14.3. The van der Waals surface area contributed by atoms with Crippen molar-refractivity contribution in [2.24, 2.45) is 0 Å². The zero-order valence-corrected chi connectivity index (χ0v) is 11.3. The maximum absolute atomic E-state index is 11.7. The number of aliphatic hydroxyl groups is 1. The van der Waals surface area contributed by atoms with E-state index < -0.39 is 18.0 Å². The van der Waals surface area contributed by atoms with Crippen molar-refractivity contribution in [3.8, 4) is 0 Å². The van der Waals surface area contributed by atoms with Gasteiger partial charge < -0.3 is 20.8 Å². The summed E-state index contributed by atoms with van der Waals surface area (Å²) in [5, 5.41) is 25.2. The molecule has 0 radical (unpaired) electrons. The summed E-state index contributed by atoms with van der Waals surface area (Å²) >= 11 is 1.42. The number of nitrogens with zero attached hydrogens (tertiary/aromatic N) is 1. The number of hydrogen-bond donors (Lipinski definition) is 4. The van der Waals surface area contributed by atoms with Gasteiger partial charge in [-0.25, -0.2) is 14.6 Å². The maximum Gasteiger partial charge on any atom is 0.326 e. The fourth-order valence-electron chi connectivity index (χ4n) is 1.49. The molecule has 0 aliphatic heterocycles. The molecule has 1 aromatic rings. The molecule has 1 aromatic heterocycles. The Morgan fingerprint density at radius 1 is 1.47 bits per heavy atom. The van der Waals surface area contributed by atoms with Crippen LogP contribution in [-0.4, -0.2) is 39.8 Å². The van der Waals surface area contributed by atoms with E-state index in [2.05, 4.69) is 15.6 Å². The lowest BCUT2D eigenvalue weighted by Gasteiger charge is -2.18. The molecule has 0 aromatic carbocycles. The van der Waals surface area contributed by atoms with Crippen LogP contribution in [0.25, 0.3) is 0 Å². The van der Waals surface area contributed by atoms with Crippen molar-refractivity contribution in [2.45, 2.75) is 31.8 Å². The second kappa shape index (κ2) is 7.70. The Kier molecular flexibility index (Phi) is 6.23. The van der Waals surface area contributed by atoms with Crippen LogP contribution in [0.5, 0.6) is 0 Å². The fraction of sp³-hybridized carbons (Fsp3) is 0.545. The van der Waals surface area contributed by atoms with Gasteiger partial charge in [-0.15, -0.1) is 11.3 Å². The summed E-state index contributed by atoms with van der Waals surface area (Å²) in [4.78, 5) is 26.7. The summed E-state index contributed by atoms with van der Waals surface area (Å²) in [6.07, 6.45) is 2.27. The SMILES string of the molecule is CCC(NC(=O)N[C@@H](CCO)C(=O)O)c1nccs1. The molecule has 8 heteroatoms. The van der Waals surface area contributed by atoms with Gasteiger partial charge in [-0.2, -0.15) is 0 Å². The highest BCUT2D eigenvalue weighted by atomic mass is 32.1. The van der Waals surface area contributed by atoms with Gasteiger partial charge in [-0.1, -0.05) is 6.92 Å². The third-order valence-electron chi connectivity index (χ3n) is 2.48. The van der Waals surface area contributed by atoms with Gasteiger partial charge in [0.1, 0.15) is 11.0 Å². The number of carboxylic acids is 1. The van der Waals surface area contributed by atoms with Crippen molar-refractivity contribution < 1.29 is 19.8 Å². The Balaban J connectivity index is 2.55. The standard InChI is InChI=1S/C11H17N3O4S/c1-2-7(9-12-4-6-19-9)13-11(18)14-8(3-5-15)10(16)17/h4,6-8,15H,2-3,5H2,1H3,(H,16,17)(H2,13,14,18)/t7?,8-/m0/s1. The lowest BCUT2D eigenvalue weighted by atomic mass is 10.2. The van der Waals surface area contributed by atoms with Crippen LogP contribution >= 0.6 is 11.3 Å². The number of urea groups is 1. The molecule has 4 N–H and O–H groups in total. The van der Waals surface area contributed by atoms with Crippen LogP contribution in [0.2, 0.25) is 0 Å². The predicted octanol–water partition coefficient (Wildman–Crippen LogP) is 0.729. The second-order valence-corrected chi connectivity index (χ2v) is 4.78. The average Bonchev–Trinajstić information content (AvgIpc) is 2.89. The first kappa shape index (κ1) is 15.4. The molecule has 0 saturated heterocycles. The Labute approximate surface area is 114 Å². The number of thiazole rings is 1. The Hall–Kier alpha value is -1.67. The van der Waals surface area contributed by atoms with Gasteiger partial charge in [0.15, 0.2) is 0 Å². The van der Waals surface area contributed by atoms with Crippen LogP contribution < -0.4 is 10.6 Å². The molecular weight excluding hydrogens is 270 g/mol. The Morgan fingerprint density at radius 3 is 2.68 bits per heavy atom. The summed E-state index contributed by atoms with van der Waals surface area (Å²) < 4.78 is 0. The highest BCUT2D eigenvalue weighted by Crippen LogP contribution is 2.18. The topological polar surface area (TPSA) is 112 Å². The molecule has 2 atom stereocenters.